The SMILES string of the molecule is O=Cc1cccc(S(=O)(=O)O)c1.[K]. The smallest absolute Gasteiger partial charge is 0.294 e. The van der Waals surface area contributed by atoms with Crippen molar-refractivity contribution in [3.63, 3.8) is 0 Å². The molecule has 0 aliphatic carbocycles. The van der Waals surface area contributed by atoms with Crippen LogP contribution in [-0.4, -0.2) is 70.6 Å². The molecule has 0 aliphatic heterocycles. The van der Waals surface area contributed by atoms with E-state index in [4.69, 9.17) is 4.55 Å². The standard InChI is InChI=1S/C7H6O4S.K/c8-5-6-2-1-3-7(4-6)12(9,10)11;/h1-5H,(H,9,10,11);. The van der Waals surface area contributed by atoms with Gasteiger partial charge < -0.3 is 0 Å². The molecule has 6 heteroatoms. The van der Waals surface area contributed by atoms with Crippen molar-refractivity contribution < 1.29 is 17.8 Å². The van der Waals surface area contributed by atoms with Crippen molar-refractivity contribution >= 4 is 67.8 Å². The van der Waals surface area contributed by atoms with Crippen molar-refractivity contribution in [2.75, 3.05) is 0 Å². The van der Waals surface area contributed by atoms with Crippen molar-refractivity contribution in [1.29, 1.82) is 0 Å². The Kier molecular flexibility index (Phi) is 5.53. The van der Waals surface area contributed by atoms with E-state index in [2.05, 4.69) is 0 Å². The fourth-order valence-electron chi connectivity index (χ4n) is 0.748. The first kappa shape index (κ1) is 13.4. The fraction of sp³-hybridized carbons (Fsp3) is 0. The van der Waals surface area contributed by atoms with Crippen LogP contribution in [0, 0.1) is 0 Å². The van der Waals surface area contributed by atoms with Crippen LogP contribution < -0.4 is 0 Å². The monoisotopic (exact) mass is 225 g/mol. The second-order valence-electron chi connectivity index (χ2n) is 2.17. The van der Waals surface area contributed by atoms with Gasteiger partial charge in [0.25, 0.3) is 10.1 Å². The summed E-state index contributed by atoms with van der Waals surface area (Å²) in [5.41, 5.74) is 0.213. The fourth-order valence-corrected chi connectivity index (χ4v) is 1.28. The van der Waals surface area contributed by atoms with Gasteiger partial charge in [0, 0.05) is 56.9 Å². The molecular weight excluding hydrogens is 219 g/mol. The van der Waals surface area contributed by atoms with Gasteiger partial charge in [-0.05, 0) is 12.1 Å². The topological polar surface area (TPSA) is 71.4 Å². The zero-order valence-corrected chi connectivity index (χ0v) is 10.9. The maximum atomic E-state index is 10.5. The molecule has 0 unspecified atom stereocenters. The number of benzene rings is 1. The van der Waals surface area contributed by atoms with Crippen LogP contribution in [0.15, 0.2) is 29.2 Å². The first-order valence-corrected chi connectivity index (χ1v) is 4.51. The van der Waals surface area contributed by atoms with E-state index in [1.54, 1.807) is 0 Å². The molecule has 0 amide bonds. The Hall–Kier alpha value is 0.436. The van der Waals surface area contributed by atoms with E-state index in [0.29, 0.717) is 6.29 Å². The maximum absolute atomic E-state index is 10.5. The first-order chi connectivity index (χ1) is 5.54. The first-order valence-electron chi connectivity index (χ1n) is 3.07. The molecule has 0 fully saturated rings. The normalized spacial score (nSPS) is 10.2. The Bertz CT molecular complexity index is 399. The summed E-state index contributed by atoms with van der Waals surface area (Å²) in [6, 6.07) is 5.14. The summed E-state index contributed by atoms with van der Waals surface area (Å²) in [7, 11) is -4.19. The molecule has 0 saturated carbocycles. The van der Waals surface area contributed by atoms with Gasteiger partial charge in [-0.15, -0.1) is 0 Å². The van der Waals surface area contributed by atoms with E-state index in [0.717, 1.165) is 6.07 Å². The molecule has 1 aromatic rings. The molecule has 1 rings (SSSR count). The van der Waals surface area contributed by atoms with Gasteiger partial charge in [-0.2, -0.15) is 8.42 Å². The Morgan fingerprint density at radius 1 is 1.31 bits per heavy atom. The summed E-state index contributed by atoms with van der Waals surface area (Å²) in [6.45, 7) is 0. The minimum atomic E-state index is -4.19. The Morgan fingerprint density at radius 2 is 1.92 bits per heavy atom. The van der Waals surface area contributed by atoms with Crippen molar-refractivity contribution in [2.24, 2.45) is 0 Å². The van der Waals surface area contributed by atoms with Crippen molar-refractivity contribution in [2.45, 2.75) is 4.90 Å². The molecule has 0 bridgehead atoms. The third-order valence-corrected chi connectivity index (χ3v) is 2.14. The zero-order chi connectivity index (χ0) is 9.19. The Morgan fingerprint density at radius 3 is 2.38 bits per heavy atom. The van der Waals surface area contributed by atoms with Gasteiger partial charge in [0.2, 0.25) is 0 Å². The zero-order valence-electron chi connectivity index (χ0n) is 6.97. The average Bonchev–Trinajstić information content (AvgIpc) is 2.03. The third kappa shape index (κ3) is 3.99. The molecule has 4 nitrogen and oxygen atoms in total. The van der Waals surface area contributed by atoms with Crippen LogP contribution in [0.25, 0.3) is 0 Å². The second kappa shape index (κ2) is 5.35. The van der Waals surface area contributed by atoms with Gasteiger partial charge in [-0.3, -0.25) is 9.35 Å². The number of carbonyl (C=O) groups is 1. The van der Waals surface area contributed by atoms with Crippen LogP contribution in [0.1, 0.15) is 10.4 Å². The van der Waals surface area contributed by atoms with Crippen LogP contribution in [0.4, 0.5) is 0 Å². The molecular formula is C7H6KO4S. The van der Waals surface area contributed by atoms with Crippen molar-refractivity contribution in [3.05, 3.63) is 29.8 Å². The van der Waals surface area contributed by atoms with E-state index in [-0.39, 0.29) is 61.8 Å². The van der Waals surface area contributed by atoms with Gasteiger partial charge >= 0.3 is 0 Å². The summed E-state index contributed by atoms with van der Waals surface area (Å²) in [6.07, 6.45) is 0.509. The van der Waals surface area contributed by atoms with Gasteiger partial charge in [0.1, 0.15) is 6.29 Å². The maximum Gasteiger partial charge on any atom is 0.294 e. The van der Waals surface area contributed by atoms with E-state index in [1.807, 2.05) is 0 Å². The summed E-state index contributed by atoms with van der Waals surface area (Å²) < 4.78 is 29.6. The van der Waals surface area contributed by atoms with Gasteiger partial charge in [0.15, 0.2) is 0 Å². The summed E-state index contributed by atoms with van der Waals surface area (Å²) >= 11 is 0. The van der Waals surface area contributed by atoms with Crippen molar-refractivity contribution in [3.8, 4) is 0 Å². The molecule has 65 valence electrons. The minimum absolute atomic E-state index is 0. The van der Waals surface area contributed by atoms with Crippen LogP contribution in [0.2, 0.25) is 0 Å². The molecule has 0 spiro atoms. The van der Waals surface area contributed by atoms with E-state index in [1.165, 1.54) is 18.2 Å². The molecule has 0 saturated heterocycles. The van der Waals surface area contributed by atoms with Crippen LogP contribution in [0.3, 0.4) is 0 Å². The van der Waals surface area contributed by atoms with E-state index >= 15 is 0 Å². The molecule has 1 aromatic carbocycles. The number of carbonyl (C=O) groups excluding carboxylic acids is 1. The van der Waals surface area contributed by atoms with E-state index < -0.39 is 10.1 Å². The largest absolute Gasteiger partial charge is 0.298 e. The number of rotatable bonds is 2. The number of hydrogen-bond donors (Lipinski definition) is 1. The van der Waals surface area contributed by atoms with Crippen LogP contribution >= 0.6 is 0 Å². The summed E-state index contributed by atoms with van der Waals surface area (Å²) in [4.78, 5) is 9.94. The quantitative estimate of drug-likeness (QED) is 0.448. The van der Waals surface area contributed by atoms with Gasteiger partial charge in [-0.25, -0.2) is 0 Å². The van der Waals surface area contributed by atoms with Crippen LogP contribution in [-0.2, 0) is 10.1 Å². The minimum Gasteiger partial charge on any atom is -0.298 e. The molecule has 1 radical (unpaired) electrons. The summed E-state index contributed by atoms with van der Waals surface area (Å²) in [5, 5.41) is 0. The molecule has 0 heterocycles. The molecule has 0 aliphatic rings. The third-order valence-electron chi connectivity index (χ3n) is 1.29. The molecule has 0 aromatic heterocycles. The Balaban J connectivity index is 0.00000144. The summed E-state index contributed by atoms with van der Waals surface area (Å²) in [5.74, 6) is 0. The van der Waals surface area contributed by atoms with Crippen molar-refractivity contribution in [1.82, 2.24) is 0 Å². The van der Waals surface area contributed by atoms with Gasteiger partial charge in [0.05, 0.1) is 4.90 Å². The predicted molar refractivity (Wildman–Crippen MR) is 47.4 cm³/mol. The second-order valence-corrected chi connectivity index (χ2v) is 3.59. The average molecular weight is 225 g/mol. The number of aldehydes is 1. The molecule has 13 heavy (non-hydrogen) atoms. The van der Waals surface area contributed by atoms with Gasteiger partial charge in [-0.1, -0.05) is 12.1 Å². The van der Waals surface area contributed by atoms with Crippen LogP contribution in [0.5, 0.6) is 0 Å². The Labute approximate surface area is 119 Å². The predicted octanol–water partition coefficient (Wildman–Crippen LogP) is 0.365. The molecule has 1 N–H and O–H groups in total. The molecule has 0 atom stereocenters. The number of hydrogen-bond acceptors (Lipinski definition) is 3. The van der Waals surface area contributed by atoms with E-state index in [9.17, 15) is 13.2 Å².